The van der Waals surface area contributed by atoms with Crippen LogP contribution in [0.4, 0.5) is 0 Å². The Labute approximate surface area is 109 Å². The molecule has 0 radical (unpaired) electrons. The van der Waals surface area contributed by atoms with Crippen LogP contribution in [0.15, 0.2) is 42.6 Å². The molecule has 96 valence electrons. The maximum Gasteiger partial charge on any atom is 0.0649 e. The summed E-state index contributed by atoms with van der Waals surface area (Å²) in [6, 6.07) is 12.2. The largest absolute Gasteiger partial charge is 0.323 e. The zero-order valence-corrected chi connectivity index (χ0v) is 11.1. The van der Waals surface area contributed by atoms with Gasteiger partial charge in [0.05, 0.1) is 11.4 Å². The molecule has 0 fully saturated rings. The van der Waals surface area contributed by atoms with E-state index in [0.29, 0.717) is 5.92 Å². The third-order valence-corrected chi connectivity index (χ3v) is 3.41. The maximum atomic E-state index is 6.29. The van der Waals surface area contributed by atoms with Gasteiger partial charge < -0.3 is 5.73 Å². The second-order valence-electron chi connectivity index (χ2n) is 4.86. The lowest BCUT2D eigenvalue weighted by molar-refractivity contribution is 0.450. The van der Waals surface area contributed by atoms with Gasteiger partial charge in [-0.1, -0.05) is 38.5 Å². The number of nitrogens with zero attached hydrogens (tertiary/aromatic N) is 2. The van der Waals surface area contributed by atoms with Gasteiger partial charge in [0.1, 0.15) is 0 Å². The first-order valence-electron chi connectivity index (χ1n) is 6.57. The van der Waals surface area contributed by atoms with Crippen molar-refractivity contribution in [1.29, 1.82) is 0 Å². The van der Waals surface area contributed by atoms with Gasteiger partial charge in [0, 0.05) is 12.2 Å². The van der Waals surface area contributed by atoms with E-state index in [9.17, 15) is 0 Å². The van der Waals surface area contributed by atoms with Crippen LogP contribution in [0.2, 0.25) is 0 Å². The highest BCUT2D eigenvalue weighted by Crippen LogP contribution is 2.22. The summed E-state index contributed by atoms with van der Waals surface area (Å²) in [7, 11) is 0. The fourth-order valence-electron chi connectivity index (χ4n) is 2.10. The highest BCUT2D eigenvalue weighted by atomic mass is 15.3. The lowest BCUT2D eigenvalue weighted by Gasteiger charge is -2.17. The quantitative estimate of drug-likeness (QED) is 0.875. The zero-order chi connectivity index (χ0) is 13.0. The Morgan fingerprint density at radius 2 is 1.94 bits per heavy atom. The Hall–Kier alpha value is -1.61. The fraction of sp³-hybridized carbons (Fsp3) is 0.400. The minimum Gasteiger partial charge on any atom is -0.323 e. The molecule has 0 amide bonds. The van der Waals surface area contributed by atoms with Crippen molar-refractivity contribution in [2.45, 2.75) is 32.7 Å². The fourth-order valence-corrected chi connectivity index (χ4v) is 2.10. The number of rotatable bonds is 5. The second-order valence-corrected chi connectivity index (χ2v) is 4.86. The van der Waals surface area contributed by atoms with Gasteiger partial charge in [0.2, 0.25) is 0 Å². The molecule has 0 saturated carbocycles. The molecule has 2 unspecified atom stereocenters. The van der Waals surface area contributed by atoms with Crippen LogP contribution < -0.4 is 5.73 Å². The first-order valence-corrected chi connectivity index (χ1v) is 6.57. The van der Waals surface area contributed by atoms with E-state index >= 15 is 0 Å². The molecule has 0 aliphatic heterocycles. The molecule has 3 nitrogen and oxygen atoms in total. The molecule has 2 atom stereocenters. The van der Waals surface area contributed by atoms with Crippen LogP contribution >= 0.6 is 0 Å². The zero-order valence-electron chi connectivity index (χ0n) is 11.1. The number of para-hydroxylation sites is 1. The smallest absolute Gasteiger partial charge is 0.0649 e. The van der Waals surface area contributed by atoms with Crippen LogP contribution in [0.1, 0.15) is 38.4 Å². The SMILES string of the molecule is CCC(C)CC(N)c1ccnn1-c1ccccc1. The molecule has 2 aromatic rings. The van der Waals surface area contributed by atoms with Crippen LogP contribution in [-0.4, -0.2) is 9.78 Å². The molecule has 0 bridgehead atoms. The van der Waals surface area contributed by atoms with Gasteiger partial charge in [-0.25, -0.2) is 4.68 Å². The Kier molecular flexibility index (Phi) is 4.15. The van der Waals surface area contributed by atoms with Crippen LogP contribution in [0.5, 0.6) is 0 Å². The molecule has 0 spiro atoms. The molecule has 0 aliphatic rings. The van der Waals surface area contributed by atoms with E-state index in [1.54, 1.807) is 0 Å². The van der Waals surface area contributed by atoms with Crippen molar-refractivity contribution in [3.63, 3.8) is 0 Å². The average molecular weight is 243 g/mol. The van der Waals surface area contributed by atoms with Crippen molar-refractivity contribution in [1.82, 2.24) is 9.78 Å². The lowest BCUT2D eigenvalue weighted by Crippen LogP contribution is -2.18. The van der Waals surface area contributed by atoms with E-state index in [2.05, 4.69) is 18.9 Å². The molecule has 1 heterocycles. The van der Waals surface area contributed by atoms with Crippen LogP contribution in [-0.2, 0) is 0 Å². The standard InChI is InChI=1S/C15H21N3/c1-3-12(2)11-14(16)15-9-10-17-18(15)13-7-5-4-6-8-13/h4-10,12,14H,3,11,16H2,1-2H3. The van der Waals surface area contributed by atoms with Gasteiger partial charge in [0.15, 0.2) is 0 Å². The number of hydrogen-bond acceptors (Lipinski definition) is 2. The Bertz CT molecular complexity index is 475. The third kappa shape index (κ3) is 2.79. The highest BCUT2D eigenvalue weighted by molar-refractivity contribution is 5.33. The van der Waals surface area contributed by atoms with E-state index in [4.69, 9.17) is 5.73 Å². The van der Waals surface area contributed by atoms with Gasteiger partial charge in [-0.2, -0.15) is 5.10 Å². The summed E-state index contributed by atoms with van der Waals surface area (Å²) in [5, 5.41) is 4.38. The van der Waals surface area contributed by atoms with Crippen molar-refractivity contribution in [2.24, 2.45) is 11.7 Å². The van der Waals surface area contributed by atoms with E-state index in [1.807, 2.05) is 47.3 Å². The van der Waals surface area contributed by atoms with Crippen molar-refractivity contribution < 1.29 is 0 Å². The monoisotopic (exact) mass is 243 g/mol. The van der Waals surface area contributed by atoms with Crippen LogP contribution in [0.25, 0.3) is 5.69 Å². The molecular formula is C15H21N3. The first kappa shape index (κ1) is 12.8. The topological polar surface area (TPSA) is 43.8 Å². The van der Waals surface area contributed by atoms with Crippen LogP contribution in [0, 0.1) is 5.92 Å². The summed E-state index contributed by atoms with van der Waals surface area (Å²) in [4.78, 5) is 0. The van der Waals surface area contributed by atoms with Crippen molar-refractivity contribution in [3.8, 4) is 5.69 Å². The number of nitrogens with two attached hydrogens (primary N) is 1. The number of aromatic nitrogens is 2. The maximum absolute atomic E-state index is 6.29. The number of hydrogen-bond donors (Lipinski definition) is 1. The molecular weight excluding hydrogens is 222 g/mol. The summed E-state index contributed by atoms with van der Waals surface area (Å²) in [6.07, 6.45) is 3.97. The Morgan fingerprint density at radius 3 is 2.61 bits per heavy atom. The highest BCUT2D eigenvalue weighted by Gasteiger charge is 2.15. The van der Waals surface area contributed by atoms with E-state index < -0.39 is 0 Å². The van der Waals surface area contributed by atoms with Gasteiger partial charge in [-0.3, -0.25) is 0 Å². The number of benzene rings is 1. The third-order valence-electron chi connectivity index (χ3n) is 3.41. The summed E-state index contributed by atoms with van der Waals surface area (Å²) in [6.45, 7) is 4.44. The summed E-state index contributed by atoms with van der Waals surface area (Å²) in [5.74, 6) is 0.638. The average Bonchev–Trinajstić information content (AvgIpc) is 2.88. The second kappa shape index (κ2) is 5.83. The molecule has 0 saturated heterocycles. The summed E-state index contributed by atoms with van der Waals surface area (Å²) >= 11 is 0. The normalized spacial score (nSPS) is 14.4. The van der Waals surface area contributed by atoms with Gasteiger partial charge in [-0.15, -0.1) is 0 Å². The Morgan fingerprint density at radius 1 is 1.22 bits per heavy atom. The van der Waals surface area contributed by atoms with Gasteiger partial charge in [-0.05, 0) is 30.5 Å². The van der Waals surface area contributed by atoms with E-state index in [-0.39, 0.29) is 6.04 Å². The molecule has 3 heteroatoms. The van der Waals surface area contributed by atoms with Crippen LogP contribution in [0.3, 0.4) is 0 Å². The van der Waals surface area contributed by atoms with Gasteiger partial charge >= 0.3 is 0 Å². The molecule has 1 aromatic heterocycles. The predicted octanol–water partition coefficient (Wildman–Crippen LogP) is 3.31. The molecule has 1 aromatic carbocycles. The van der Waals surface area contributed by atoms with Crippen molar-refractivity contribution in [3.05, 3.63) is 48.3 Å². The van der Waals surface area contributed by atoms with Crippen molar-refractivity contribution in [2.75, 3.05) is 0 Å². The molecule has 2 rings (SSSR count). The molecule has 0 aliphatic carbocycles. The molecule has 2 N–H and O–H groups in total. The minimum atomic E-state index is 0.0441. The lowest BCUT2D eigenvalue weighted by atomic mass is 9.98. The first-order chi connectivity index (χ1) is 8.72. The Balaban J connectivity index is 2.23. The predicted molar refractivity (Wildman–Crippen MR) is 74.6 cm³/mol. The minimum absolute atomic E-state index is 0.0441. The van der Waals surface area contributed by atoms with E-state index in [0.717, 1.165) is 24.2 Å². The van der Waals surface area contributed by atoms with Gasteiger partial charge in [0.25, 0.3) is 0 Å². The van der Waals surface area contributed by atoms with E-state index in [1.165, 1.54) is 0 Å². The summed E-state index contributed by atoms with van der Waals surface area (Å²) < 4.78 is 1.94. The molecule has 18 heavy (non-hydrogen) atoms. The summed E-state index contributed by atoms with van der Waals surface area (Å²) in [5.41, 5.74) is 8.44. The van der Waals surface area contributed by atoms with Crippen molar-refractivity contribution >= 4 is 0 Å².